The molecule has 3 heterocycles. The van der Waals surface area contributed by atoms with Crippen LogP contribution in [0.4, 0.5) is 20.3 Å². The number of hydrogen-bond acceptors (Lipinski definition) is 7. The zero-order valence-electron chi connectivity index (χ0n) is 27.7. The lowest BCUT2D eigenvalue weighted by Crippen LogP contribution is -2.49. The Morgan fingerprint density at radius 1 is 1.04 bits per heavy atom. The summed E-state index contributed by atoms with van der Waals surface area (Å²) in [5.41, 5.74) is 6.11. The number of benzene rings is 1. The van der Waals surface area contributed by atoms with Gasteiger partial charge in [0.15, 0.2) is 0 Å². The Balaban J connectivity index is 1.16. The van der Waals surface area contributed by atoms with Crippen LogP contribution >= 0.6 is 11.6 Å². The Labute approximate surface area is 287 Å². The van der Waals surface area contributed by atoms with Gasteiger partial charge in [-0.15, -0.1) is 0 Å². The third kappa shape index (κ3) is 8.27. The van der Waals surface area contributed by atoms with Crippen LogP contribution < -0.4 is 20.9 Å². The largest absolute Gasteiger partial charge is 0.354 e. The van der Waals surface area contributed by atoms with E-state index in [1.807, 2.05) is 0 Å². The topological polar surface area (TPSA) is 129 Å². The van der Waals surface area contributed by atoms with Gasteiger partial charge in [0, 0.05) is 68.8 Å². The van der Waals surface area contributed by atoms with Crippen molar-refractivity contribution >= 4 is 44.9 Å². The predicted molar refractivity (Wildman–Crippen MR) is 181 cm³/mol. The van der Waals surface area contributed by atoms with Gasteiger partial charge >= 0.3 is 0 Å². The third-order valence-corrected chi connectivity index (χ3v) is 12.1. The second-order valence-electron chi connectivity index (χ2n) is 13.7. The number of halogens is 3. The average molecular weight is 711 g/mol. The molecule has 1 aliphatic carbocycles. The molecule has 2 amide bonds. The maximum atomic E-state index is 15.9. The molecule has 1 aromatic heterocycles. The maximum Gasteiger partial charge on any atom is 0.276 e. The van der Waals surface area contributed by atoms with Crippen LogP contribution in [0.5, 0.6) is 0 Å². The molecule has 2 aliphatic heterocycles. The monoisotopic (exact) mass is 710 g/mol. The summed E-state index contributed by atoms with van der Waals surface area (Å²) in [6, 6.07) is 8.88. The van der Waals surface area contributed by atoms with Crippen LogP contribution in [0.25, 0.3) is 0 Å². The van der Waals surface area contributed by atoms with Gasteiger partial charge in [0.2, 0.25) is 21.8 Å². The van der Waals surface area contributed by atoms with Crippen molar-refractivity contribution in [1.82, 2.24) is 14.6 Å². The molecule has 264 valence electrons. The molecule has 0 bridgehead atoms. The fraction of sp³-hybridized carbons (Fsp3) is 0.606. The van der Waals surface area contributed by atoms with Gasteiger partial charge < -0.3 is 25.3 Å². The van der Waals surface area contributed by atoms with Crippen LogP contribution in [-0.4, -0.2) is 107 Å². The number of sulfonamides is 1. The summed E-state index contributed by atoms with van der Waals surface area (Å²) in [6.45, 7) is 4.01. The van der Waals surface area contributed by atoms with Gasteiger partial charge in [-0.25, -0.2) is 22.2 Å². The Kier molecular flexibility index (Phi) is 11.3. The summed E-state index contributed by atoms with van der Waals surface area (Å²) in [4.78, 5) is 32.7. The maximum absolute atomic E-state index is 15.9. The van der Waals surface area contributed by atoms with E-state index in [0.29, 0.717) is 49.1 Å². The van der Waals surface area contributed by atoms with Gasteiger partial charge in [0.25, 0.3) is 5.92 Å². The standard InChI is InChI=1S/C33H46ClF2N7O4S/c1-43(2,20-13-37)21-14-38-32(45)24-5-7-25(8-6-24)33(35,36)26-22-29(34)39-30(23-26)40-16-18-41(19-17-40)48(46,47)28-11-9-27(10-12-28)42-15-3-4-31(42)44/h9-12,22-25H,3-8,13-21,37H2,1-2H3/p+1. The molecule has 2 saturated heterocycles. The number of nitrogens with one attached hydrogen (secondary N) is 1. The van der Waals surface area contributed by atoms with Crippen LogP contribution in [0, 0.1) is 11.8 Å². The minimum absolute atomic E-state index is 0.0263. The number of alkyl halides is 2. The molecule has 3 aliphatic rings. The molecule has 0 atom stereocenters. The number of nitrogens with zero attached hydrogens (tertiary/aromatic N) is 5. The molecular formula is C33H47ClF2N7O4S+. The first-order valence-electron chi connectivity index (χ1n) is 16.7. The first-order chi connectivity index (χ1) is 22.7. The van der Waals surface area contributed by atoms with Gasteiger partial charge in [-0.3, -0.25) is 9.59 Å². The smallest absolute Gasteiger partial charge is 0.276 e. The zero-order valence-corrected chi connectivity index (χ0v) is 29.3. The summed E-state index contributed by atoms with van der Waals surface area (Å²) in [5.74, 6) is -4.20. The quantitative estimate of drug-likeness (QED) is 0.255. The second-order valence-corrected chi connectivity index (χ2v) is 16.0. The highest BCUT2D eigenvalue weighted by molar-refractivity contribution is 7.89. The number of amides is 2. The SMILES string of the molecule is C[N+](C)(CCN)CCNC(=O)C1CCC(C(F)(F)c2cc(Cl)nc(N3CCN(S(=O)(=O)c4ccc(N5CCCC5=O)cc4)CC3)c2)CC1. The van der Waals surface area contributed by atoms with Crippen molar-refractivity contribution in [3.8, 4) is 0 Å². The second kappa shape index (κ2) is 14.9. The van der Waals surface area contributed by atoms with Crippen LogP contribution in [0.2, 0.25) is 5.15 Å². The van der Waals surface area contributed by atoms with Crippen molar-refractivity contribution in [2.24, 2.45) is 17.6 Å². The normalized spacial score (nSPS) is 21.5. The number of quaternary nitrogens is 1. The number of anilines is 2. The molecule has 1 aromatic carbocycles. The number of aromatic nitrogens is 1. The van der Waals surface area contributed by atoms with E-state index < -0.39 is 21.9 Å². The van der Waals surface area contributed by atoms with Gasteiger partial charge in [-0.05, 0) is 68.5 Å². The lowest BCUT2D eigenvalue weighted by Gasteiger charge is -2.36. The van der Waals surface area contributed by atoms with Crippen LogP contribution in [-0.2, 0) is 25.5 Å². The fourth-order valence-corrected chi connectivity index (χ4v) is 8.53. The highest BCUT2D eigenvalue weighted by atomic mass is 35.5. The van der Waals surface area contributed by atoms with Gasteiger partial charge in [-0.1, -0.05) is 11.6 Å². The molecule has 3 N–H and O–H groups in total. The summed E-state index contributed by atoms with van der Waals surface area (Å²) < 4.78 is 60.7. The molecule has 48 heavy (non-hydrogen) atoms. The fourth-order valence-electron chi connectivity index (χ4n) is 6.90. The van der Waals surface area contributed by atoms with Crippen molar-refractivity contribution in [2.45, 2.75) is 49.3 Å². The molecule has 2 aromatic rings. The van der Waals surface area contributed by atoms with Crippen LogP contribution in [0.15, 0.2) is 41.3 Å². The first-order valence-corrected chi connectivity index (χ1v) is 18.5. The lowest BCUT2D eigenvalue weighted by molar-refractivity contribution is -0.887. The molecule has 0 unspecified atom stereocenters. The highest BCUT2D eigenvalue weighted by Gasteiger charge is 2.44. The minimum Gasteiger partial charge on any atom is -0.354 e. The number of carbonyl (C=O) groups is 2. The van der Waals surface area contributed by atoms with Crippen molar-refractivity contribution in [1.29, 1.82) is 0 Å². The van der Waals surface area contributed by atoms with Crippen molar-refractivity contribution < 1.29 is 31.3 Å². The Hall–Kier alpha value is -2.91. The minimum atomic E-state index is -3.80. The Bertz CT molecular complexity index is 1560. The van der Waals surface area contributed by atoms with Gasteiger partial charge in [0.05, 0.1) is 38.6 Å². The molecular weight excluding hydrogens is 664 g/mol. The van der Waals surface area contributed by atoms with Gasteiger partial charge in [-0.2, -0.15) is 4.31 Å². The van der Waals surface area contributed by atoms with E-state index in [0.717, 1.165) is 19.5 Å². The Morgan fingerprint density at radius 2 is 1.71 bits per heavy atom. The lowest BCUT2D eigenvalue weighted by atomic mass is 9.77. The number of nitrogens with two attached hydrogens (primary N) is 1. The molecule has 11 nitrogen and oxygen atoms in total. The summed E-state index contributed by atoms with van der Waals surface area (Å²) >= 11 is 6.27. The summed E-state index contributed by atoms with van der Waals surface area (Å²) in [5, 5.41) is 2.91. The first kappa shape index (κ1) is 36.4. The number of carbonyl (C=O) groups excluding carboxylic acids is 2. The number of piperazine rings is 1. The molecule has 0 radical (unpaired) electrons. The molecule has 0 spiro atoms. The van der Waals surface area contributed by atoms with Crippen molar-refractivity contribution in [3.63, 3.8) is 0 Å². The van der Waals surface area contributed by atoms with E-state index in [9.17, 15) is 18.0 Å². The van der Waals surface area contributed by atoms with Crippen LogP contribution in [0.3, 0.4) is 0 Å². The Morgan fingerprint density at radius 3 is 2.31 bits per heavy atom. The zero-order chi connectivity index (χ0) is 34.7. The van der Waals surface area contributed by atoms with Gasteiger partial charge in [0.1, 0.15) is 11.0 Å². The van der Waals surface area contributed by atoms with E-state index in [1.54, 1.807) is 21.9 Å². The predicted octanol–water partition coefficient (Wildman–Crippen LogP) is 3.42. The van der Waals surface area contributed by atoms with E-state index in [2.05, 4.69) is 24.4 Å². The highest BCUT2D eigenvalue weighted by Crippen LogP contribution is 2.46. The molecule has 15 heteroatoms. The molecule has 1 saturated carbocycles. The van der Waals surface area contributed by atoms with E-state index in [1.165, 1.54) is 28.6 Å². The number of likely N-dealkylation sites (N-methyl/N-ethyl adjacent to an activating group) is 1. The van der Waals surface area contributed by atoms with E-state index >= 15 is 8.78 Å². The molecule has 5 rings (SSSR count). The van der Waals surface area contributed by atoms with Crippen molar-refractivity contribution in [2.75, 3.05) is 82.8 Å². The van der Waals surface area contributed by atoms with Crippen LogP contribution in [0.1, 0.15) is 44.1 Å². The third-order valence-electron chi connectivity index (χ3n) is 9.95. The van der Waals surface area contributed by atoms with E-state index in [-0.39, 0.29) is 78.2 Å². The number of hydrogen-bond donors (Lipinski definition) is 2. The summed E-state index contributed by atoms with van der Waals surface area (Å²) in [7, 11) is 0.304. The number of pyridine rings is 1. The average Bonchev–Trinajstić information content (AvgIpc) is 3.50. The molecule has 3 fully saturated rings. The van der Waals surface area contributed by atoms with Crippen molar-refractivity contribution in [3.05, 3.63) is 47.1 Å². The van der Waals surface area contributed by atoms with E-state index in [4.69, 9.17) is 17.3 Å². The summed E-state index contributed by atoms with van der Waals surface area (Å²) in [6.07, 6.45) is 2.45. The number of rotatable bonds is 12.